The smallest absolute Gasteiger partial charge is 0.269 e. The van der Waals surface area contributed by atoms with Gasteiger partial charge in [0.2, 0.25) is 0 Å². The van der Waals surface area contributed by atoms with Gasteiger partial charge in [-0.2, -0.15) is 0 Å². The third kappa shape index (κ3) is 3.75. The van der Waals surface area contributed by atoms with Gasteiger partial charge in [-0.3, -0.25) is 19.7 Å². The Balaban J connectivity index is 1.67. The van der Waals surface area contributed by atoms with Gasteiger partial charge in [0.15, 0.2) is 0 Å². The van der Waals surface area contributed by atoms with Crippen LogP contribution in [0.4, 0.5) is 10.1 Å². The van der Waals surface area contributed by atoms with Crippen LogP contribution in [-0.4, -0.2) is 22.4 Å². The number of rotatable bonds is 5. The van der Waals surface area contributed by atoms with E-state index in [2.05, 4.69) is 10.3 Å². The summed E-state index contributed by atoms with van der Waals surface area (Å²) >= 11 is 0. The van der Waals surface area contributed by atoms with Crippen molar-refractivity contribution in [1.82, 2.24) is 10.3 Å². The number of amides is 1. The van der Waals surface area contributed by atoms with Gasteiger partial charge in [0, 0.05) is 18.7 Å². The van der Waals surface area contributed by atoms with Crippen molar-refractivity contribution in [2.45, 2.75) is 6.42 Å². The number of nitrogens with one attached hydrogen (secondary N) is 2. The van der Waals surface area contributed by atoms with Crippen LogP contribution in [0.25, 0.3) is 10.9 Å². The first-order valence-electron chi connectivity index (χ1n) is 7.78. The van der Waals surface area contributed by atoms with Crippen molar-refractivity contribution in [3.05, 3.63) is 85.9 Å². The van der Waals surface area contributed by atoms with Crippen LogP contribution >= 0.6 is 0 Å². The van der Waals surface area contributed by atoms with Crippen LogP contribution in [0.3, 0.4) is 0 Å². The van der Waals surface area contributed by atoms with Gasteiger partial charge in [0.25, 0.3) is 17.2 Å². The Morgan fingerprint density at radius 2 is 1.88 bits per heavy atom. The van der Waals surface area contributed by atoms with Crippen LogP contribution in [0.15, 0.2) is 53.3 Å². The quantitative estimate of drug-likeness (QED) is 0.542. The highest BCUT2D eigenvalue weighted by Gasteiger charge is 2.12. The van der Waals surface area contributed by atoms with Crippen molar-refractivity contribution in [2.75, 3.05) is 6.54 Å². The van der Waals surface area contributed by atoms with Crippen LogP contribution in [-0.2, 0) is 6.42 Å². The number of non-ortho nitro benzene ring substituents is 1. The molecule has 0 unspecified atom stereocenters. The van der Waals surface area contributed by atoms with E-state index in [4.69, 9.17) is 0 Å². The topological polar surface area (TPSA) is 105 Å². The highest BCUT2D eigenvalue weighted by molar-refractivity contribution is 5.97. The Bertz CT molecular complexity index is 1040. The number of hydrogen-bond donors (Lipinski definition) is 2. The number of halogens is 1. The molecule has 0 saturated heterocycles. The number of carbonyl (C=O) groups is 1. The minimum atomic E-state index is -0.601. The minimum absolute atomic E-state index is 0.00285. The van der Waals surface area contributed by atoms with E-state index in [0.29, 0.717) is 17.3 Å². The van der Waals surface area contributed by atoms with Crippen molar-refractivity contribution in [3.8, 4) is 0 Å². The third-order valence-electron chi connectivity index (χ3n) is 3.90. The molecule has 26 heavy (non-hydrogen) atoms. The molecule has 0 saturated carbocycles. The molecule has 1 amide bonds. The maximum absolute atomic E-state index is 13.2. The molecule has 8 heteroatoms. The lowest BCUT2D eigenvalue weighted by Crippen LogP contribution is -2.31. The predicted octanol–water partition coefficient (Wildman–Crippen LogP) is 2.55. The molecule has 0 aliphatic carbocycles. The fraction of sp³-hybridized carbons (Fsp3) is 0.111. The number of pyridine rings is 1. The number of carbonyl (C=O) groups excluding carboxylic acids is 1. The molecule has 0 aliphatic heterocycles. The van der Waals surface area contributed by atoms with Crippen molar-refractivity contribution < 1.29 is 14.1 Å². The average molecular weight is 355 g/mol. The van der Waals surface area contributed by atoms with Crippen molar-refractivity contribution in [1.29, 1.82) is 0 Å². The van der Waals surface area contributed by atoms with Crippen LogP contribution < -0.4 is 10.9 Å². The Labute approximate surface area is 146 Å². The molecule has 1 aromatic heterocycles. The van der Waals surface area contributed by atoms with Crippen molar-refractivity contribution >= 4 is 22.5 Å². The second-order valence-electron chi connectivity index (χ2n) is 5.67. The molecule has 0 fully saturated rings. The zero-order valence-electron chi connectivity index (χ0n) is 13.5. The van der Waals surface area contributed by atoms with Gasteiger partial charge in [-0.05, 0) is 41.6 Å². The molecule has 0 atom stereocenters. The van der Waals surface area contributed by atoms with Gasteiger partial charge in [0.1, 0.15) is 11.4 Å². The molecule has 0 bridgehead atoms. The molecule has 3 aromatic rings. The Kier molecular flexibility index (Phi) is 4.74. The number of nitro groups is 1. The van der Waals surface area contributed by atoms with Crippen LogP contribution in [0, 0.1) is 15.9 Å². The van der Waals surface area contributed by atoms with E-state index >= 15 is 0 Å². The monoisotopic (exact) mass is 355 g/mol. The number of nitro benzene ring substituents is 1. The largest absolute Gasteiger partial charge is 0.352 e. The van der Waals surface area contributed by atoms with Gasteiger partial charge in [-0.15, -0.1) is 0 Å². The van der Waals surface area contributed by atoms with E-state index in [0.717, 1.165) is 5.56 Å². The van der Waals surface area contributed by atoms with Gasteiger partial charge in [-0.1, -0.05) is 12.1 Å². The molecule has 7 nitrogen and oxygen atoms in total. The standard InChI is InChI=1S/C18H14FN3O4/c19-13-4-3-12-9-15(18(24)21-16(12)10-13)17(23)20-8-7-11-1-5-14(6-2-11)22(25)26/h1-6,9-10H,7-8H2,(H,20,23)(H,21,24). The van der Waals surface area contributed by atoms with Gasteiger partial charge in [-0.25, -0.2) is 4.39 Å². The molecule has 2 N–H and O–H groups in total. The molecule has 2 aromatic carbocycles. The summed E-state index contributed by atoms with van der Waals surface area (Å²) in [4.78, 5) is 36.8. The summed E-state index contributed by atoms with van der Waals surface area (Å²) in [5, 5.41) is 13.8. The lowest BCUT2D eigenvalue weighted by molar-refractivity contribution is -0.384. The summed E-state index contributed by atoms with van der Waals surface area (Å²) in [6, 6.07) is 11.3. The number of H-pyrrole nitrogens is 1. The summed E-state index contributed by atoms with van der Waals surface area (Å²) in [6.07, 6.45) is 0.459. The summed E-state index contributed by atoms with van der Waals surface area (Å²) in [5.74, 6) is -1.02. The van der Waals surface area contributed by atoms with Crippen molar-refractivity contribution in [3.63, 3.8) is 0 Å². The summed E-state index contributed by atoms with van der Waals surface area (Å²) in [5.41, 5.74) is 0.469. The zero-order chi connectivity index (χ0) is 18.7. The number of benzene rings is 2. The molecule has 0 aliphatic rings. The highest BCUT2D eigenvalue weighted by atomic mass is 19.1. The molecule has 0 radical (unpaired) electrons. The Morgan fingerprint density at radius 1 is 1.15 bits per heavy atom. The third-order valence-corrected chi connectivity index (χ3v) is 3.90. The fourth-order valence-electron chi connectivity index (χ4n) is 2.54. The van der Waals surface area contributed by atoms with E-state index in [1.54, 1.807) is 12.1 Å². The second kappa shape index (κ2) is 7.14. The lowest BCUT2D eigenvalue weighted by atomic mass is 10.1. The van der Waals surface area contributed by atoms with Gasteiger partial charge >= 0.3 is 0 Å². The highest BCUT2D eigenvalue weighted by Crippen LogP contribution is 2.13. The number of hydrogen-bond acceptors (Lipinski definition) is 4. The van der Waals surface area contributed by atoms with Gasteiger partial charge < -0.3 is 10.3 Å². The van der Waals surface area contributed by atoms with Crippen LogP contribution in [0.5, 0.6) is 0 Å². The first-order chi connectivity index (χ1) is 12.4. The molecule has 132 valence electrons. The van der Waals surface area contributed by atoms with E-state index in [1.807, 2.05) is 0 Å². The Morgan fingerprint density at radius 3 is 2.58 bits per heavy atom. The molecule has 3 rings (SSSR count). The number of aromatic amines is 1. The first kappa shape index (κ1) is 17.3. The average Bonchev–Trinajstić information content (AvgIpc) is 2.61. The minimum Gasteiger partial charge on any atom is -0.352 e. The van der Waals surface area contributed by atoms with E-state index in [1.165, 1.54) is 36.4 Å². The zero-order valence-corrected chi connectivity index (χ0v) is 13.5. The number of nitrogens with zero attached hydrogens (tertiary/aromatic N) is 1. The normalized spacial score (nSPS) is 10.7. The summed E-state index contributed by atoms with van der Waals surface area (Å²) in [7, 11) is 0. The Hall–Kier alpha value is -3.55. The van der Waals surface area contributed by atoms with Crippen molar-refractivity contribution in [2.24, 2.45) is 0 Å². The van der Waals surface area contributed by atoms with E-state index in [9.17, 15) is 24.1 Å². The van der Waals surface area contributed by atoms with Crippen LogP contribution in [0.2, 0.25) is 0 Å². The number of fused-ring (bicyclic) bond motifs is 1. The summed E-state index contributed by atoms with van der Waals surface area (Å²) in [6.45, 7) is 0.261. The molecular formula is C18H14FN3O4. The maximum atomic E-state index is 13.2. The molecule has 1 heterocycles. The second-order valence-corrected chi connectivity index (χ2v) is 5.67. The van der Waals surface area contributed by atoms with E-state index < -0.39 is 22.2 Å². The number of aromatic nitrogens is 1. The summed E-state index contributed by atoms with van der Waals surface area (Å²) < 4.78 is 13.2. The maximum Gasteiger partial charge on any atom is 0.269 e. The van der Waals surface area contributed by atoms with Crippen LogP contribution in [0.1, 0.15) is 15.9 Å². The molecule has 0 spiro atoms. The fourth-order valence-corrected chi connectivity index (χ4v) is 2.54. The first-order valence-corrected chi connectivity index (χ1v) is 7.78. The lowest BCUT2D eigenvalue weighted by Gasteiger charge is -2.06. The van der Waals surface area contributed by atoms with E-state index in [-0.39, 0.29) is 17.8 Å². The SMILES string of the molecule is O=C(NCCc1ccc([N+](=O)[O-])cc1)c1cc2ccc(F)cc2[nH]c1=O. The molecular weight excluding hydrogens is 341 g/mol. The predicted molar refractivity (Wildman–Crippen MR) is 93.7 cm³/mol. The van der Waals surface area contributed by atoms with Gasteiger partial charge in [0.05, 0.1) is 10.4 Å².